The Morgan fingerprint density at radius 1 is 0.689 bits per heavy atom. The van der Waals surface area contributed by atoms with Crippen molar-refractivity contribution < 1.29 is 23.9 Å². The predicted octanol–water partition coefficient (Wildman–Crippen LogP) is 9.23. The van der Waals surface area contributed by atoms with Gasteiger partial charge in [0, 0.05) is 44.8 Å². The molecule has 0 saturated carbocycles. The summed E-state index contributed by atoms with van der Waals surface area (Å²) in [6, 6.07) is 40.2. The topological polar surface area (TPSA) is 103 Å². The fourth-order valence-electron chi connectivity index (χ4n) is 8.34. The van der Waals surface area contributed by atoms with E-state index in [0.717, 1.165) is 43.5 Å². The van der Waals surface area contributed by atoms with Crippen molar-refractivity contribution in [2.24, 2.45) is 5.41 Å². The molecule has 0 radical (unpaired) electrons. The number of ether oxygens (including phenoxy) is 2. The molecule has 2 aliphatic heterocycles. The van der Waals surface area contributed by atoms with Crippen molar-refractivity contribution in [1.82, 2.24) is 25.3 Å². The van der Waals surface area contributed by atoms with Gasteiger partial charge in [-0.25, -0.2) is 9.59 Å². The summed E-state index contributed by atoms with van der Waals surface area (Å²) in [5.74, 6) is 0.517. The van der Waals surface area contributed by atoms with Crippen LogP contribution in [0.3, 0.4) is 0 Å². The molecule has 0 aliphatic carbocycles. The van der Waals surface area contributed by atoms with E-state index in [2.05, 4.69) is 69.5 Å². The number of likely N-dealkylation sites (N-methyl/N-ethyl adjacent to an activating group) is 1. The van der Waals surface area contributed by atoms with Gasteiger partial charge in [-0.05, 0) is 78.8 Å². The first kappa shape index (κ1) is 46.9. The molecule has 4 aromatic carbocycles. The van der Waals surface area contributed by atoms with Crippen LogP contribution < -0.4 is 10.6 Å². The summed E-state index contributed by atoms with van der Waals surface area (Å²) in [5, 5.41) is 6.69. The summed E-state index contributed by atoms with van der Waals surface area (Å²) < 4.78 is 11.3. The Morgan fingerprint density at radius 2 is 1.15 bits per heavy atom. The zero-order valence-electron chi connectivity index (χ0n) is 37.3. The molecule has 2 saturated heterocycles. The first-order chi connectivity index (χ1) is 29.4. The summed E-state index contributed by atoms with van der Waals surface area (Å²) >= 11 is 0. The van der Waals surface area contributed by atoms with Crippen LogP contribution in [0.5, 0.6) is 0 Å². The Balaban J connectivity index is 0.000000241. The average molecular weight is 832 g/mol. The van der Waals surface area contributed by atoms with Crippen molar-refractivity contribution in [1.29, 1.82) is 0 Å². The minimum absolute atomic E-state index is 0.0204. The van der Waals surface area contributed by atoms with Gasteiger partial charge in [-0.3, -0.25) is 4.79 Å². The Hall–Kier alpha value is -5.19. The summed E-state index contributed by atoms with van der Waals surface area (Å²) in [6.07, 6.45) is 3.54. The van der Waals surface area contributed by atoms with Gasteiger partial charge in [0.2, 0.25) is 5.91 Å². The highest BCUT2D eigenvalue weighted by molar-refractivity contribution is 5.83. The van der Waals surface area contributed by atoms with Gasteiger partial charge in [0.05, 0.1) is 6.04 Å². The second-order valence-electron chi connectivity index (χ2n) is 17.7. The van der Waals surface area contributed by atoms with Crippen molar-refractivity contribution in [3.05, 3.63) is 144 Å². The van der Waals surface area contributed by atoms with Crippen LogP contribution in [0.1, 0.15) is 94.4 Å². The van der Waals surface area contributed by atoms with Crippen LogP contribution in [0.4, 0.5) is 9.59 Å². The van der Waals surface area contributed by atoms with Gasteiger partial charge in [0.15, 0.2) is 0 Å². The first-order valence-electron chi connectivity index (χ1n) is 22.1. The van der Waals surface area contributed by atoms with E-state index in [0.29, 0.717) is 38.8 Å². The summed E-state index contributed by atoms with van der Waals surface area (Å²) in [5.41, 5.74) is 4.19. The molecule has 6 rings (SSSR count). The molecule has 10 nitrogen and oxygen atoms in total. The molecule has 0 aromatic heterocycles. The van der Waals surface area contributed by atoms with E-state index < -0.39 is 0 Å². The number of benzene rings is 4. The maximum Gasteiger partial charge on any atom is 0.410 e. The molecular weight excluding hydrogens is 763 g/mol. The van der Waals surface area contributed by atoms with Crippen LogP contribution in [-0.4, -0.2) is 97.2 Å². The van der Waals surface area contributed by atoms with E-state index in [9.17, 15) is 14.4 Å². The highest BCUT2D eigenvalue weighted by Crippen LogP contribution is 2.27. The van der Waals surface area contributed by atoms with Crippen molar-refractivity contribution in [2.45, 2.75) is 103 Å². The van der Waals surface area contributed by atoms with Crippen molar-refractivity contribution >= 4 is 18.1 Å². The number of carbonyl (C=O) groups is 3. The maximum atomic E-state index is 13.5. The van der Waals surface area contributed by atoms with E-state index in [4.69, 9.17) is 9.47 Å². The van der Waals surface area contributed by atoms with E-state index >= 15 is 0 Å². The summed E-state index contributed by atoms with van der Waals surface area (Å²) in [7, 11) is 1.84. The molecule has 2 aliphatic rings. The molecule has 4 aromatic rings. The van der Waals surface area contributed by atoms with Gasteiger partial charge in [-0.2, -0.15) is 0 Å². The molecule has 2 N–H and O–H groups in total. The van der Waals surface area contributed by atoms with E-state index in [1.165, 1.54) is 17.5 Å². The molecule has 10 heteroatoms. The number of amides is 3. The Bertz CT molecular complexity index is 1890. The van der Waals surface area contributed by atoms with Crippen LogP contribution in [0.25, 0.3) is 0 Å². The quantitative estimate of drug-likeness (QED) is 0.116. The van der Waals surface area contributed by atoms with E-state index in [1.54, 1.807) is 4.90 Å². The van der Waals surface area contributed by atoms with Crippen molar-refractivity contribution in [2.75, 3.05) is 46.3 Å². The van der Waals surface area contributed by atoms with E-state index in [-0.39, 0.29) is 54.0 Å². The van der Waals surface area contributed by atoms with E-state index in [1.807, 2.05) is 114 Å². The lowest BCUT2D eigenvalue weighted by Gasteiger charge is -2.37. The highest BCUT2D eigenvalue weighted by atomic mass is 16.6. The molecule has 328 valence electrons. The zero-order chi connectivity index (χ0) is 43.6. The third kappa shape index (κ3) is 14.7. The van der Waals surface area contributed by atoms with Crippen molar-refractivity contribution in [3.8, 4) is 0 Å². The van der Waals surface area contributed by atoms with Crippen LogP contribution in [-0.2, 0) is 27.5 Å². The molecule has 61 heavy (non-hydrogen) atoms. The zero-order valence-corrected chi connectivity index (χ0v) is 37.3. The average Bonchev–Trinajstić information content (AvgIpc) is 3.98. The molecule has 3 amide bonds. The molecule has 0 bridgehead atoms. The molecule has 2 heterocycles. The first-order valence-corrected chi connectivity index (χ1v) is 22.1. The fourth-order valence-corrected chi connectivity index (χ4v) is 8.34. The van der Waals surface area contributed by atoms with Gasteiger partial charge in [-0.1, -0.05) is 156 Å². The molecule has 0 unspecified atom stereocenters. The monoisotopic (exact) mass is 832 g/mol. The molecule has 0 spiro atoms. The lowest BCUT2D eigenvalue weighted by molar-refractivity contribution is -0.137. The minimum atomic E-state index is -0.336. The van der Waals surface area contributed by atoms with Crippen molar-refractivity contribution in [3.63, 3.8) is 0 Å². The van der Waals surface area contributed by atoms with Gasteiger partial charge < -0.3 is 34.8 Å². The van der Waals surface area contributed by atoms with Crippen LogP contribution in [0, 0.1) is 5.41 Å². The Kier molecular flexibility index (Phi) is 18.2. The second kappa shape index (κ2) is 23.7. The lowest BCUT2D eigenvalue weighted by atomic mass is 9.86. The highest BCUT2D eigenvalue weighted by Gasteiger charge is 2.39. The number of rotatable bonds is 16. The van der Waals surface area contributed by atoms with Gasteiger partial charge in [0.25, 0.3) is 0 Å². The fraction of sp³-hybridized carbons (Fsp3) is 0.471. The Labute approximate surface area is 365 Å². The number of nitrogens with zero attached hydrogens (tertiary/aromatic N) is 3. The SMILES string of the molecule is CN[C@H](C(=O)N1CCC[C@H]1CN(C[C@@H](C)c1ccccc1)C(=O)OCc1ccccc1)C(C)(C)C.C[C@H](CN(C[C@@H]1CCCN1)C(=O)OCc1ccccc1)c1ccccc1. The predicted molar refractivity (Wildman–Crippen MR) is 244 cm³/mol. The van der Waals surface area contributed by atoms with Crippen LogP contribution in [0.15, 0.2) is 121 Å². The smallest absolute Gasteiger partial charge is 0.410 e. The van der Waals surface area contributed by atoms with Crippen LogP contribution >= 0.6 is 0 Å². The molecular formula is C51H69N5O5. The standard InChI is InChI=1S/C29H41N3O3.C22H28N2O2/c1-22(24-15-10-7-11-16-24)19-31(28(34)35-21-23-13-8-6-9-14-23)20-25-17-12-18-32(25)27(33)26(30-5)29(2,3)4;1-18(20-11-6-3-7-12-20)15-24(16-21-13-8-14-23-21)22(25)26-17-19-9-4-2-5-10-19/h6-11,13-16,22,25-26,30H,12,17-21H2,1-5H3;2-7,9-12,18,21,23H,8,13-17H2,1H3/t22-,25+,26-;18-,21+/m11/s1. The summed E-state index contributed by atoms with van der Waals surface area (Å²) in [6.45, 7) is 15.2. The largest absolute Gasteiger partial charge is 0.445 e. The lowest BCUT2D eigenvalue weighted by Crippen LogP contribution is -2.55. The van der Waals surface area contributed by atoms with Gasteiger partial charge >= 0.3 is 12.2 Å². The maximum absolute atomic E-state index is 13.5. The van der Waals surface area contributed by atoms with Crippen LogP contribution in [0.2, 0.25) is 0 Å². The molecule has 2 fully saturated rings. The Morgan fingerprint density at radius 3 is 1.57 bits per heavy atom. The number of likely N-dealkylation sites (tertiary alicyclic amines) is 1. The van der Waals surface area contributed by atoms with Gasteiger partial charge in [0.1, 0.15) is 13.2 Å². The number of hydrogen-bond acceptors (Lipinski definition) is 7. The number of hydrogen-bond donors (Lipinski definition) is 2. The second-order valence-corrected chi connectivity index (χ2v) is 17.7. The third-order valence-electron chi connectivity index (χ3n) is 11.7. The third-order valence-corrected chi connectivity index (χ3v) is 11.7. The van der Waals surface area contributed by atoms with Gasteiger partial charge in [-0.15, -0.1) is 0 Å². The summed E-state index contributed by atoms with van der Waals surface area (Å²) in [4.78, 5) is 45.1. The minimum Gasteiger partial charge on any atom is -0.445 e. The number of carbonyl (C=O) groups excluding carboxylic acids is 3. The normalized spacial score (nSPS) is 17.6. The molecule has 5 atom stereocenters. The number of nitrogens with one attached hydrogen (secondary N) is 2.